The van der Waals surface area contributed by atoms with E-state index in [4.69, 9.17) is 4.74 Å². The van der Waals surface area contributed by atoms with Gasteiger partial charge in [-0.15, -0.1) is 11.3 Å². The van der Waals surface area contributed by atoms with Gasteiger partial charge in [0.1, 0.15) is 0 Å². The largest absolute Gasteiger partial charge is 0.384 e. The molecule has 0 atom stereocenters. The molecule has 5 nitrogen and oxygen atoms in total. The van der Waals surface area contributed by atoms with Crippen molar-refractivity contribution < 1.29 is 9.53 Å². The van der Waals surface area contributed by atoms with E-state index in [9.17, 15) is 4.79 Å². The van der Waals surface area contributed by atoms with Crippen LogP contribution < -0.4 is 5.32 Å². The average Bonchev–Trinajstić information content (AvgIpc) is 3.09. The van der Waals surface area contributed by atoms with Gasteiger partial charge in [-0.1, -0.05) is 23.9 Å². The molecule has 0 amide bonds. The van der Waals surface area contributed by atoms with Crippen LogP contribution in [0.15, 0.2) is 52.4 Å². The van der Waals surface area contributed by atoms with Crippen molar-refractivity contribution >= 4 is 55.8 Å². The lowest BCUT2D eigenvalue weighted by Crippen LogP contribution is -2.01. The monoisotopic (exact) mass is 449 g/mol. The van der Waals surface area contributed by atoms with Crippen LogP contribution >= 0.6 is 39.0 Å². The summed E-state index contributed by atoms with van der Waals surface area (Å²) in [6.45, 7) is 0.549. The molecule has 0 saturated heterocycles. The van der Waals surface area contributed by atoms with Crippen molar-refractivity contribution in [2.45, 2.75) is 0 Å². The van der Waals surface area contributed by atoms with Crippen LogP contribution in [-0.2, 0) is 4.74 Å². The second kappa shape index (κ2) is 9.27. The second-order valence-corrected chi connectivity index (χ2v) is 8.73. The number of benzene rings is 1. The predicted octanol–water partition coefficient (Wildman–Crippen LogP) is 5.23. The van der Waals surface area contributed by atoms with Gasteiger partial charge in [0.2, 0.25) is 11.1 Å². The summed E-state index contributed by atoms with van der Waals surface area (Å²) in [5, 5.41) is 3.19. The summed E-state index contributed by atoms with van der Waals surface area (Å²) in [6.07, 6.45) is 1.72. The molecular weight excluding hydrogens is 434 g/mol. The maximum atomic E-state index is 12.2. The van der Waals surface area contributed by atoms with Gasteiger partial charge in [-0.25, -0.2) is 9.97 Å². The summed E-state index contributed by atoms with van der Waals surface area (Å²) < 4.78 is 6.03. The van der Waals surface area contributed by atoms with Crippen LogP contribution in [0.1, 0.15) is 10.4 Å². The molecule has 0 bridgehead atoms. The van der Waals surface area contributed by atoms with Crippen molar-refractivity contribution in [1.29, 1.82) is 0 Å². The van der Waals surface area contributed by atoms with E-state index in [0.29, 0.717) is 23.9 Å². The highest BCUT2D eigenvalue weighted by Gasteiger charge is 2.09. The number of anilines is 2. The number of nitrogens with one attached hydrogen (secondary N) is 1. The number of thioether (sulfide) groups is 1. The van der Waals surface area contributed by atoms with E-state index in [2.05, 4.69) is 31.2 Å². The summed E-state index contributed by atoms with van der Waals surface area (Å²) in [5.74, 6) is 1.12. The Morgan fingerprint density at radius 2 is 2.19 bits per heavy atom. The highest BCUT2D eigenvalue weighted by atomic mass is 79.9. The van der Waals surface area contributed by atoms with E-state index in [1.807, 2.05) is 30.3 Å². The first-order chi connectivity index (χ1) is 12.7. The van der Waals surface area contributed by atoms with Gasteiger partial charge in [-0.05, 0) is 46.3 Å². The van der Waals surface area contributed by atoms with Crippen molar-refractivity contribution in [2.75, 3.05) is 24.8 Å². The first-order valence-corrected chi connectivity index (χ1v) is 10.4. The molecule has 26 heavy (non-hydrogen) atoms. The van der Waals surface area contributed by atoms with Crippen molar-refractivity contribution in [3.8, 4) is 10.6 Å². The number of methoxy groups -OCH3 is 1. The fourth-order valence-corrected chi connectivity index (χ4v) is 4.25. The van der Waals surface area contributed by atoms with Crippen molar-refractivity contribution in [1.82, 2.24) is 9.97 Å². The molecule has 0 spiro atoms. The lowest BCUT2D eigenvalue weighted by Gasteiger charge is -2.07. The topological polar surface area (TPSA) is 64.1 Å². The zero-order valence-electron chi connectivity index (χ0n) is 13.9. The Morgan fingerprint density at radius 3 is 2.96 bits per heavy atom. The lowest BCUT2D eigenvalue weighted by molar-refractivity contribution is 0.108. The summed E-state index contributed by atoms with van der Waals surface area (Å²) in [4.78, 5) is 22.1. The van der Waals surface area contributed by atoms with Gasteiger partial charge in [0.05, 0.1) is 21.0 Å². The van der Waals surface area contributed by atoms with Crippen LogP contribution in [0.5, 0.6) is 0 Å². The van der Waals surface area contributed by atoms with E-state index < -0.39 is 0 Å². The minimum absolute atomic E-state index is 0.0174. The molecule has 2 aromatic heterocycles. The smallest absolute Gasteiger partial charge is 0.227 e. The molecule has 0 fully saturated rings. The highest BCUT2D eigenvalue weighted by Crippen LogP contribution is 2.30. The average molecular weight is 450 g/mol. The summed E-state index contributed by atoms with van der Waals surface area (Å²) >= 11 is 6.32. The fourth-order valence-electron chi connectivity index (χ4n) is 2.16. The van der Waals surface area contributed by atoms with Gasteiger partial charge >= 0.3 is 0 Å². The molecule has 1 aromatic carbocycles. The Kier molecular flexibility index (Phi) is 6.79. The van der Waals surface area contributed by atoms with E-state index in [1.165, 1.54) is 11.8 Å². The molecule has 0 radical (unpaired) electrons. The molecule has 3 rings (SSSR count). The second-order valence-electron chi connectivity index (χ2n) is 5.20. The first-order valence-electron chi connectivity index (χ1n) is 7.77. The zero-order chi connectivity index (χ0) is 18.4. The Labute approximate surface area is 168 Å². The molecule has 0 aliphatic heterocycles. The number of rotatable bonds is 7. The van der Waals surface area contributed by atoms with Crippen LogP contribution in [0.2, 0.25) is 0 Å². The summed E-state index contributed by atoms with van der Waals surface area (Å²) in [6, 6.07) is 13.2. The SMILES string of the molecule is COCCSC(=O)c1cccc(Nc2nccc(-c3ccc(Br)s3)n2)c1. The summed E-state index contributed by atoms with van der Waals surface area (Å²) in [7, 11) is 1.62. The number of hydrogen-bond donors (Lipinski definition) is 1. The van der Waals surface area contributed by atoms with E-state index in [-0.39, 0.29) is 5.12 Å². The van der Waals surface area contributed by atoms with Crippen LogP contribution in [-0.4, -0.2) is 34.6 Å². The standard InChI is InChI=1S/C18H16BrN3O2S2/c1-24-9-10-25-17(23)12-3-2-4-13(11-12)21-18-20-8-7-14(22-18)15-5-6-16(19)26-15/h2-8,11H,9-10H2,1H3,(H,20,21,22). The number of hydrogen-bond acceptors (Lipinski definition) is 7. The highest BCUT2D eigenvalue weighted by molar-refractivity contribution is 9.11. The van der Waals surface area contributed by atoms with Crippen molar-refractivity contribution in [3.05, 3.63) is 58.0 Å². The Hall–Kier alpha value is -1.74. The third-order valence-corrected chi connectivity index (χ3v) is 5.87. The molecule has 0 aliphatic rings. The van der Waals surface area contributed by atoms with Crippen LogP contribution in [0.4, 0.5) is 11.6 Å². The first kappa shape index (κ1) is 19.0. The normalized spacial score (nSPS) is 10.7. The van der Waals surface area contributed by atoms with Crippen LogP contribution in [0.3, 0.4) is 0 Å². The lowest BCUT2D eigenvalue weighted by atomic mass is 10.2. The van der Waals surface area contributed by atoms with Gasteiger partial charge in [0.25, 0.3) is 0 Å². The number of carbonyl (C=O) groups excluding carboxylic acids is 1. The van der Waals surface area contributed by atoms with Gasteiger partial charge in [-0.2, -0.15) is 0 Å². The Balaban J connectivity index is 1.73. The van der Waals surface area contributed by atoms with Gasteiger partial charge in [-0.3, -0.25) is 4.79 Å². The van der Waals surface area contributed by atoms with Crippen LogP contribution in [0, 0.1) is 0 Å². The minimum atomic E-state index is 0.0174. The third kappa shape index (κ3) is 5.14. The van der Waals surface area contributed by atoms with Gasteiger partial charge < -0.3 is 10.1 Å². The molecular formula is C18H16BrN3O2S2. The molecule has 3 aromatic rings. The number of aromatic nitrogens is 2. The summed E-state index contributed by atoms with van der Waals surface area (Å²) in [5.41, 5.74) is 2.25. The quantitative estimate of drug-likeness (QED) is 0.498. The molecule has 0 saturated carbocycles. The van der Waals surface area contributed by atoms with Crippen molar-refractivity contribution in [3.63, 3.8) is 0 Å². The third-order valence-electron chi connectivity index (χ3n) is 3.36. The van der Waals surface area contributed by atoms with E-state index in [1.54, 1.807) is 36.8 Å². The Morgan fingerprint density at radius 1 is 1.31 bits per heavy atom. The predicted molar refractivity (Wildman–Crippen MR) is 111 cm³/mol. The molecule has 2 heterocycles. The van der Waals surface area contributed by atoms with Gasteiger partial charge in [0, 0.05) is 30.3 Å². The number of thiophene rings is 1. The number of carbonyl (C=O) groups is 1. The number of halogens is 1. The van der Waals surface area contributed by atoms with Crippen molar-refractivity contribution in [2.24, 2.45) is 0 Å². The maximum absolute atomic E-state index is 12.2. The van der Waals surface area contributed by atoms with Crippen LogP contribution in [0.25, 0.3) is 10.6 Å². The van der Waals surface area contributed by atoms with Gasteiger partial charge in [0.15, 0.2) is 0 Å². The number of ether oxygens (including phenoxy) is 1. The number of nitrogens with zero attached hydrogens (tertiary/aromatic N) is 2. The minimum Gasteiger partial charge on any atom is -0.384 e. The molecule has 1 N–H and O–H groups in total. The molecule has 0 aliphatic carbocycles. The zero-order valence-corrected chi connectivity index (χ0v) is 17.2. The van der Waals surface area contributed by atoms with E-state index in [0.717, 1.165) is 20.0 Å². The molecule has 8 heteroatoms. The Bertz CT molecular complexity index is 901. The fraction of sp³-hybridized carbons (Fsp3) is 0.167. The maximum Gasteiger partial charge on any atom is 0.227 e. The van der Waals surface area contributed by atoms with E-state index >= 15 is 0 Å². The molecule has 0 unspecified atom stereocenters. The molecule has 134 valence electrons.